The summed E-state index contributed by atoms with van der Waals surface area (Å²) in [5.41, 5.74) is 4.88. The van der Waals surface area contributed by atoms with Gasteiger partial charge < -0.3 is 4.90 Å². The second kappa shape index (κ2) is 8.83. The minimum atomic E-state index is 0.0521. The van der Waals surface area contributed by atoms with Gasteiger partial charge in [0.1, 0.15) is 0 Å². The summed E-state index contributed by atoms with van der Waals surface area (Å²) in [6.45, 7) is 6.30. The maximum absolute atomic E-state index is 12.0. The van der Waals surface area contributed by atoms with Gasteiger partial charge in [0, 0.05) is 24.7 Å². The lowest BCUT2D eigenvalue weighted by Crippen LogP contribution is -2.29. The Morgan fingerprint density at radius 1 is 1.27 bits per heavy atom. The highest BCUT2D eigenvalue weighted by atomic mass is 32.2. The number of anilines is 1. The first-order chi connectivity index (χ1) is 10.7. The number of benzene rings is 1. The van der Waals surface area contributed by atoms with E-state index in [1.807, 2.05) is 23.9 Å². The summed E-state index contributed by atoms with van der Waals surface area (Å²) in [6, 6.07) is 8.24. The van der Waals surface area contributed by atoms with Crippen molar-refractivity contribution in [3.63, 3.8) is 0 Å². The molecule has 0 atom stereocenters. The minimum Gasteiger partial charge on any atom is -0.372 e. The number of hydrogen-bond acceptors (Lipinski definition) is 4. The fourth-order valence-corrected chi connectivity index (χ4v) is 3.69. The predicted molar refractivity (Wildman–Crippen MR) is 95.8 cm³/mol. The van der Waals surface area contributed by atoms with Crippen LogP contribution >= 0.6 is 11.8 Å². The van der Waals surface area contributed by atoms with E-state index in [1.54, 1.807) is 6.21 Å². The van der Waals surface area contributed by atoms with Gasteiger partial charge in [-0.05, 0) is 55.9 Å². The van der Waals surface area contributed by atoms with Crippen LogP contribution in [0.2, 0.25) is 0 Å². The second-order valence-electron chi connectivity index (χ2n) is 5.38. The molecule has 1 aliphatic rings. The average Bonchev–Trinajstić information content (AvgIpc) is 2.58. The summed E-state index contributed by atoms with van der Waals surface area (Å²) in [4.78, 5) is 14.3. The van der Waals surface area contributed by atoms with E-state index in [1.165, 1.54) is 5.69 Å². The van der Waals surface area contributed by atoms with E-state index in [0.29, 0.717) is 0 Å². The molecule has 0 aromatic heterocycles. The van der Waals surface area contributed by atoms with Crippen molar-refractivity contribution in [3.05, 3.63) is 29.8 Å². The zero-order chi connectivity index (χ0) is 15.8. The predicted octanol–water partition coefficient (Wildman–Crippen LogP) is 3.13. The van der Waals surface area contributed by atoms with Gasteiger partial charge in [-0.25, -0.2) is 5.43 Å². The Hall–Kier alpha value is -1.49. The molecule has 22 heavy (non-hydrogen) atoms. The highest BCUT2D eigenvalue weighted by molar-refractivity contribution is 7.99. The molecule has 1 aliphatic heterocycles. The molecular formula is C17H25N3OS. The lowest BCUT2D eigenvalue weighted by Gasteiger charge is -2.20. The number of nitrogens with one attached hydrogen (secondary N) is 1. The molecule has 2 rings (SSSR count). The number of hydrazone groups is 1. The molecule has 0 unspecified atom stereocenters. The number of hydrogen-bond donors (Lipinski definition) is 1. The molecule has 0 radical (unpaired) electrons. The Labute approximate surface area is 137 Å². The summed E-state index contributed by atoms with van der Waals surface area (Å²) < 4.78 is 0. The minimum absolute atomic E-state index is 0.0521. The topological polar surface area (TPSA) is 44.7 Å². The number of amides is 1. The van der Waals surface area contributed by atoms with Crippen LogP contribution in [0.3, 0.4) is 0 Å². The van der Waals surface area contributed by atoms with Crippen molar-refractivity contribution in [3.8, 4) is 0 Å². The molecule has 1 fully saturated rings. The molecule has 0 saturated carbocycles. The summed E-state index contributed by atoms with van der Waals surface area (Å²) in [5, 5.41) is 4.09. The standard InChI is InChI=1S/C17H25N3OS/c1-3-20(4-2)16-7-5-14(6-8-16)13-18-19-17(21)15-9-11-22-12-10-15/h5-8,13,15H,3-4,9-12H2,1-2H3,(H,19,21)/b18-13+. The Kier molecular flexibility index (Phi) is 6.77. The Balaban J connectivity index is 1.86. The van der Waals surface area contributed by atoms with E-state index < -0.39 is 0 Å². The molecule has 1 amide bonds. The summed E-state index contributed by atoms with van der Waals surface area (Å²) in [5.74, 6) is 2.34. The van der Waals surface area contributed by atoms with Crippen molar-refractivity contribution in [2.75, 3.05) is 29.5 Å². The zero-order valence-corrected chi connectivity index (χ0v) is 14.2. The first-order valence-corrected chi connectivity index (χ1v) is 9.15. The van der Waals surface area contributed by atoms with Gasteiger partial charge in [-0.2, -0.15) is 16.9 Å². The van der Waals surface area contributed by atoms with Crippen LogP contribution in [-0.4, -0.2) is 36.7 Å². The van der Waals surface area contributed by atoms with Gasteiger partial charge in [0.2, 0.25) is 5.91 Å². The number of thioether (sulfide) groups is 1. The SMILES string of the molecule is CCN(CC)c1ccc(/C=N/NC(=O)C2CCSCC2)cc1. The van der Waals surface area contributed by atoms with Gasteiger partial charge >= 0.3 is 0 Å². The maximum atomic E-state index is 12.0. The van der Waals surface area contributed by atoms with Crippen molar-refractivity contribution in [2.45, 2.75) is 26.7 Å². The van der Waals surface area contributed by atoms with E-state index in [-0.39, 0.29) is 11.8 Å². The van der Waals surface area contributed by atoms with Crippen LogP contribution in [0.5, 0.6) is 0 Å². The molecule has 1 heterocycles. The fraction of sp³-hybridized carbons (Fsp3) is 0.529. The van der Waals surface area contributed by atoms with E-state index in [4.69, 9.17) is 0 Å². The van der Waals surface area contributed by atoms with Crippen molar-refractivity contribution >= 4 is 29.6 Å². The van der Waals surface area contributed by atoms with Crippen LogP contribution < -0.4 is 10.3 Å². The molecule has 1 saturated heterocycles. The van der Waals surface area contributed by atoms with Gasteiger partial charge in [-0.3, -0.25) is 4.79 Å². The number of nitrogens with zero attached hydrogens (tertiary/aromatic N) is 2. The Morgan fingerprint density at radius 3 is 2.50 bits per heavy atom. The van der Waals surface area contributed by atoms with E-state index >= 15 is 0 Å². The fourth-order valence-electron chi connectivity index (χ4n) is 2.58. The first-order valence-electron chi connectivity index (χ1n) is 8.00. The molecule has 1 aromatic rings. The van der Waals surface area contributed by atoms with Crippen LogP contribution in [0.1, 0.15) is 32.3 Å². The second-order valence-corrected chi connectivity index (χ2v) is 6.61. The third kappa shape index (κ3) is 4.77. The Bertz CT molecular complexity index is 491. The lowest BCUT2D eigenvalue weighted by molar-refractivity contribution is -0.125. The van der Waals surface area contributed by atoms with E-state index in [2.05, 4.69) is 41.4 Å². The largest absolute Gasteiger partial charge is 0.372 e. The van der Waals surface area contributed by atoms with Gasteiger partial charge in [0.25, 0.3) is 0 Å². The lowest BCUT2D eigenvalue weighted by atomic mass is 10.0. The van der Waals surface area contributed by atoms with Gasteiger partial charge in [-0.1, -0.05) is 12.1 Å². The molecule has 1 N–H and O–H groups in total. The first kappa shape index (κ1) is 16.9. The Morgan fingerprint density at radius 2 is 1.91 bits per heavy atom. The number of carbonyl (C=O) groups is 1. The van der Waals surface area contributed by atoms with Crippen molar-refractivity contribution in [1.82, 2.24) is 5.43 Å². The number of rotatable bonds is 6. The van der Waals surface area contributed by atoms with Crippen LogP contribution in [0, 0.1) is 5.92 Å². The maximum Gasteiger partial charge on any atom is 0.243 e. The number of carbonyl (C=O) groups excluding carboxylic acids is 1. The highest BCUT2D eigenvalue weighted by Gasteiger charge is 2.20. The molecular weight excluding hydrogens is 294 g/mol. The monoisotopic (exact) mass is 319 g/mol. The smallest absolute Gasteiger partial charge is 0.243 e. The van der Waals surface area contributed by atoms with Crippen molar-refractivity contribution in [1.29, 1.82) is 0 Å². The third-order valence-corrected chi connectivity index (χ3v) is 5.05. The molecule has 0 aliphatic carbocycles. The normalized spacial score (nSPS) is 15.9. The van der Waals surface area contributed by atoms with Crippen LogP contribution in [-0.2, 0) is 4.79 Å². The van der Waals surface area contributed by atoms with Gasteiger partial charge in [0.15, 0.2) is 0 Å². The van der Waals surface area contributed by atoms with E-state index in [9.17, 15) is 4.79 Å². The molecule has 1 aromatic carbocycles. The summed E-state index contributed by atoms with van der Waals surface area (Å²) >= 11 is 1.92. The highest BCUT2D eigenvalue weighted by Crippen LogP contribution is 2.22. The molecule has 4 nitrogen and oxygen atoms in total. The quantitative estimate of drug-likeness (QED) is 0.647. The van der Waals surface area contributed by atoms with Crippen molar-refractivity contribution < 1.29 is 4.79 Å². The summed E-state index contributed by atoms with van der Waals surface area (Å²) in [7, 11) is 0. The third-order valence-electron chi connectivity index (χ3n) is 4.00. The zero-order valence-electron chi connectivity index (χ0n) is 13.4. The van der Waals surface area contributed by atoms with Crippen LogP contribution in [0.15, 0.2) is 29.4 Å². The van der Waals surface area contributed by atoms with Gasteiger partial charge in [0.05, 0.1) is 6.21 Å². The van der Waals surface area contributed by atoms with Crippen LogP contribution in [0.4, 0.5) is 5.69 Å². The average molecular weight is 319 g/mol. The summed E-state index contributed by atoms with van der Waals surface area (Å²) in [6.07, 6.45) is 3.64. The van der Waals surface area contributed by atoms with Gasteiger partial charge in [-0.15, -0.1) is 0 Å². The molecule has 120 valence electrons. The van der Waals surface area contributed by atoms with Crippen LogP contribution in [0.25, 0.3) is 0 Å². The molecule has 5 heteroatoms. The van der Waals surface area contributed by atoms with Crippen molar-refractivity contribution in [2.24, 2.45) is 11.0 Å². The van der Waals surface area contributed by atoms with E-state index in [0.717, 1.165) is 43.0 Å². The molecule has 0 bridgehead atoms. The molecule has 0 spiro atoms.